The highest BCUT2D eigenvalue weighted by Gasteiger charge is 2.12. The fraction of sp³-hybridized carbons (Fsp3) is 0.100. The molecule has 0 spiro atoms. The largest absolute Gasteiger partial charge is 0.481 e. The Morgan fingerprint density at radius 1 is 1.56 bits per heavy atom. The van der Waals surface area contributed by atoms with Crippen molar-refractivity contribution in [2.75, 3.05) is 5.75 Å². The summed E-state index contributed by atoms with van der Waals surface area (Å²) in [5, 5.41) is 16.7. The number of carboxylic acid groups (broad SMARTS) is 1. The van der Waals surface area contributed by atoms with Crippen molar-refractivity contribution >= 4 is 29.3 Å². The topological polar surface area (TPSA) is 68.0 Å². The highest BCUT2D eigenvalue weighted by molar-refractivity contribution is 7.99. The van der Waals surface area contributed by atoms with E-state index in [1.54, 1.807) is 0 Å². The maximum atomic E-state index is 12.9. The number of benzene rings is 1. The molecule has 1 N–H and O–H groups in total. The molecule has 8 heteroatoms. The van der Waals surface area contributed by atoms with Gasteiger partial charge in [-0.1, -0.05) is 23.4 Å². The molecule has 5 nitrogen and oxygen atoms in total. The van der Waals surface area contributed by atoms with Crippen LogP contribution >= 0.6 is 23.4 Å². The molecular weight excluding hydrogens is 281 g/mol. The molecular formula is C10H7ClFN3O2S. The van der Waals surface area contributed by atoms with Crippen LogP contribution < -0.4 is 0 Å². The molecule has 0 fully saturated rings. The number of hydrogen-bond donors (Lipinski definition) is 1. The van der Waals surface area contributed by atoms with Gasteiger partial charge >= 0.3 is 5.97 Å². The van der Waals surface area contributed by atoms with Crippen molar-refractivity contribution in [3.8, 4) is 5.69 Å². The van der Waals surface area contributed by atoms with E-state index in [2.05, 4.69) is 10.2 Å². The number of nitrogens with zero attached hydrogens (tertiary/aromatic N) is 3. The third kappa shape index (κ3) is 2.80. The fourth-order valence-corrected chi connectivity index (χ4v) is 2.19. The first-order valence-corrected chi connectivity index (χ1v) is 6.14. The van der Waals surface area contributed by atoms with Crippen LogP contribution in [0.3, 0.4) is 0 Å². The molecule has 0 bridgehead atoms. The molecule has 1 heterocycles. The summed E-state index contributed by atoms with van der Waals surface area (Å²) in [5.74, 6) is -1.55. The maximum Gasteiger partial charge on any atom is 0.313 e. The van der Waals surface area contributed by atoms with Gasteiger partial charge in [-0.25, -0.2) is 4.39 Å². The number of halogens is 2. The van der Waals surface area contributed by atoms with Gasteiger partial charge in [-0.05, 0) is 18.2 Å². The van der Waals surface area contributed by atoms with Crippen LogP contribution in [0.5, 0.6) is 0 Å². The van der Waals surface area contributed by atoms with Gasteiger partial charge in [-0.15, -0.1) is 10.2 Å². The fourth-order valence-electron chi connectivity index (χ4n) is 1.29. The van der Waals surface area contributed by atoms with Crippen molar-refractivity contribution in [2.24, 2.45) is 0 Å². The molecule has 18 heavy (non-hydrogen) atoms. The van der Waals surface area contributed by atoms with Crippen LogP contribution in [0.2, 0.25) is 5.02 Å². The lowest BCUT2D eigenvalue weighted by Gasteiger charge is -2.07. The van der Waals surface area contributed by atoms with E-state index >= 15 is 0 Å². The second-order valence-electron chi connectivity index (χ2n) is 3.26. The molecule has 94 valence electrons. The minimum absolute atomic E-state index is 0.141. The number of hydrogen-bond acceptors (Lipinski definition) is 4. The van der Waals surface area contributed by atoms with Crippen LogP contribution in [0.25, 0.3) is 5.69 Å². The van der Waals surface area contributed by atoms with Crippen LogP contribution in [-0.4, -0.2) is 31.6 Å². The Hall–Kier alpha value is -1.60. The number of aromatic nitrogens is 3. The van der Waals surface area contributed by atoms with E-state index < -0.39 is 11.8 Å². The summed E-state index contributed by atoms with van der Waals surface area (Å²) in [5.41, 5.74) is 0.496. The molecule has 1 aromatic heterocycles. The first-order chi connectivity index (χ1) is 8.58. The van der Waals surface area contributed by atoms with Gasteiger partial charge in [0.1, 0.15) is 12.1 Å². The summed E-state index contributed by atoms with van der Waals surface area (Å²) in [7, 11) is 0. The lowest BCUT2D eigenvalue weighted by molar-refractivity contribution is -0.133. The average Bonchev–Trinajstić information content (AvgIpc) is 2.74. The van der Waals surface area contributed by atoms with E-state index in [4.69, 9.17) is 16.7 Å². The number of aliphatic carboxylic acids is 1. The Labute approximate surface area is 111 Å². The van der Waals surface area contributed by atoms with Crippen molar-refractivity contribution in [2.45, 2.75) is 5.16 Å². The molecule has 0 radical (unpaired) electrons. The van der Waals surface area contributed by atoms with Crippen molar-refractivity contribution in [1.29, 1.82) is 0 Å². The van der Waals surface area contributed by atoms with E-state index in [0.29, 0.717) is 10.8 Å². The molecule has 0 aliphatic rings. The highest BCUT2D eigenvalue weighted by Crippen LogP contribution is 2.25. The third-order valence-electron chi connectivity index (χ3n) is 2.01. The number of rotatable bonds is 4. The second kappa shape index (κ2) is 5.36. The average molecular weight is 288 g/mol. The van der Waals surface area contributed by atoms with Crippen LogP contribution in [-0.2, 0) is 4.79 Å². The van der Waals surface area contributed by atoms with E-state index in [1.807, 2.05) is 0 Å². The smallest absolute Gasteiger partial charge is 0.313 e. The van der Waals surface area contributed by atoms with Gasteiger partial charge < -0.3 is 5.11 Å². The summed E-state index contributed by atoms with van der Waals surface area (Å²) >= 11 is 6.92. The van der Waals surface area contributed by atoms with E-state index in [-0.39, 0.29) is 10.8 Å². The predicted octanol–water partition coefficient (Wildman–Crippen LogP) is 2.24. The van der Waals surface area contributed by atoms with Crippen LogP contribution in [0.1, 0.15) is 0 Å². The molecule has 0 aliphatic heterocycles. The van der Waals surface area contributed by atoms with Crippen molar-refractivity contribution < 1.29 is 14.3 Å². The summed E-state index contributed by atoms with van der Waals surface area (Å²) in [4.78, 5) is 10.5. The lowest BCUT2D eigenvalue weighted by atomic mass is 10.3. The Balaban J connectivity index is 2.33. The predicted molar refractivity (Wildman–Crippen MR) is 64.7 cm³/mol. The summed E-state index contributed by atoms with van der Waals surface area (Å²) in [6.45, 7) is 0. The molecule has 2 aromatic rings. The van der Waals surface area contributed by atoms with Gasteiger partial charge in [-0.3, -0.25) is 9.36 Å². The first kappa shape index (κ1) is 12.8. The van der Waals surface area contributed by atoms with Crippen LogP contribution in [0.4, 0.5) is 4.39 Å². The van der Waals surface area contributed by atoms with E-state index in [1.165, 1.54) is 29.1 Å². The maximum absolute atomic E-state index is 12.9. The zero-order chi connectivity index (χ0) is 13.1. The van der Waals surface area contributed by atoms with Crippen LogP contribution in [0.15, 0.2) is 29.7 Å². The number of carboxylic acids is 1. The molecule has 0 saturated heterocycles. The van der Waals surface area contributed by atoms with Gasteiger partial charge in [0.25, 0.3) is 0 Å². The third-order valence-corrected chi connectivity index (χ3v) is 3.24. The second-order valence-corrected chi connectivity index (χ2v) is 4.61. The standard InChI is InChI=1S/C10H7ClFN3O2S/c11-7-3-6(12)1-2-8(7)15-5-13-14-10(15)18-4-9(16)17/h1-3,5H,4H2,(H,16,17). The Morgan fingerprint density at radius 2 is 2.33 bits per heavy atom. The molecule has 0 saturated carbocycles. The normalized spacial score (nSPS) is 10.6. The van der Waals surface area contributed by atoms with Gasteiger partial charge in [0, 0.05) is 0 Å². The number of carbonyl (C=O) groups is 1. The monoisotopic (exact) mass is 287 g/mol. The zero-order valence-electron chi connectivity index (χ0n) is 8.88. The van der Waals surface area contributed by atoms with E-state index in [9.17, 15) is 9.18 Å². The zero-order valence-corrected chi connectivity index (χ0v) is 10.5. The minimum atomic E-state index is -0.959. The van der Waals surface area contributed by atoms with Crippen molar-refractivity contribution in [3.63, 3.8) is 0 Å². The van der Waals surface area contributed by atoms with Gasteiger partial charge in [0.05, 0.1) is 16.5 Å². The van der Waals surface area contributed by atoms with Crippen LogP contribution in [0, 0.1) is 5.82 Å². The van der Waals surface area contributed by atoms with Crippen molar-refractivity contribution in [1.82, 2.24) is 14.8 Å². The summed E-state index contributed by atoms with van der Waals surface area (Å²) < 4.78 is 14.4. The molecule has 1 aromatic carbocycles. The lowest BCUT2D eigenvalue weighted by Crippen LogP contribution is -2.01. The van der Waals surface area contributed by atoms with Gasteiger partial charge in [0.2, 0.25) is 0 Å². The SMILES string of the molecule is O=C(O)CSc1nncn1-c1ccc(F)cc1Cl. The summed E-state index contributed by atoms with van der Waals surface area (Å²) in [6.07, 6.45) is 1.39. The van der Waals surface area contributed by atoms with Crippen molar-refractivity contribution in [3.05, 3.63) is 35.4 Å². The Bertz CT molecular complexity index is 590. The minimum Gasteiger partial charge on any atom is -0.481 e. The van der Waals surface area contributed by atoms with Gasteiger partial charge in [0.15, 0.2) is 5.16 Å². The number of thioether (sulfide) groups is 1. The van der Waals surface area contributed by atoms with E-state index in [0.717, 1.165) is 11.8 Å². The summed E-state index contributed by atoms with van der Waals surface area (Å²) in [6, 6.07) is 3.90. The quantitative estimate of drug-likeness (QED) is 0.874. The Morgan fingerprint density at radius 3 is 3.00 bits per heavy atom. The highest BCUT2D eigenvalue weighted by atomic mass is 35.5. The molecule has 2 rings (SSSR count). The Kier molecular flexibility index (Phi) is 3.83. The molecule has 0 atom stereocenters. The molecule has 0 unspecified atom stereocenters. The van der Waals surface area contributed by atoms with Gasteiger partial charge in [-0.2, -0.15) is 0 Å². The molecule has 0 aliphatic carbocycles. The first-order valence-electron chi connectivity index (χ1n) is 4.78. The molecule has 0 amide bonds.